The SMILES string of the molecule is CCN(CC)c1ccc(C=NNC(=O)c2n[nH]c3c2CCC3)cc1. The van der Waals surface area contributed by atoms with Gasteiger partial charge in [0, 0.05) is 30.0 Å². The van der Waals surface area contributed by atoms with Crippen molar-refractivity contribution in [2.75, 3.05) is 18.0 Å². The zero-order chi connectivity index (χ0) is 16.9. The Morgan fingerprint density at radius 2 is 2.04 bits per heavy atom. The fourth-order valence-corrected chi connectivity index (χ4v) is 3.09. The van der Waals surface area contributed by atoms with Crippen LogP contribution in [0.2, 0.25) is 0 Å². The van der Waals surface area contributed by atoms with Gasteiger partial charge in [0.2, 0.25) is 0 Å². The summed E-state index contributed by atoms with van der Waals surface area (Å²) in [4.78, 5) is 14.4. The topological polar surface area (TPSA) is 73.4 Å². The lowest BCUT2D eigenvalue weighted by Gasteiger charge is -2.20. The molecule has 0 unspecified atom stereocenters. The molecule has 1 heterocycles. The predicted molar refractivity (Wildman–Crippen MR) is 95.7 cm³/mol. The quantitative estimate of drug-likeness (QED) is 0.633. The molecule has 0 aliphatic heterocycles. The third-order valence-electron chi connectivity index (χ3n) is 4.42. The van der Waals surface area contributed by atoms with Gasteiger partial charge in [-0.1, -0.05) is 12.1 Å². The zero-order valence-corrected chi connectivity index (χ0v) is 14.2. The number of hydrogen-bond donors (Lipinski definition) is 2. The molecule has 6 heteroatoms. The number of carbonyl (C=O) groups excluding carboxylic acids is 1. The molecule has 0 spiro atoms. The minimum atomic E-state index is -0.259. The highest BCUT2D eigenvalue weighted by Gasteiger charge is 2.22. The maximum Gasteiger partial charge on any atom is 0.292 e. The Kier molecular flexibility index (Phi) is 4.93. The van der Waals surface area contributed by atoms with Crippen LogP contribution in [0.25, 0.3) is 0 Å². The molecular weight excluding hydrogens is 302 g/mol. The Bertz CT molecular complexity index is 728. The average molecular weight is 325 g/mol. The van der Waals surface area contributed by atoms with Crippen molar-refractivity contribution in [1.29, 1.82) is 0 Å². The first kappa shape index (κ1) is 16.2. The molecule has 0 fully saturated rings. The van der Waals surface area contributed by atoms with Crippen molar-refractivity contribution in [3.8, 4) is 0 Å². The summed E-state index contributed by atoms with van der Waals surface area (Å²) < 4.78 is 0. The predicted octanol–water partition coefficient (Wildman–Crippen LogP) is 2.51. The van der Waals surface area contributed by atoms with Gasteiger partial charge in [-0.05, 0) is 50.8 Å². The second kappa shape index (κ2) is 7.29. The van der Waals surface area contributed by atoms with Crippen LogP contribution in [0.5, 0.6) is 0 Å². The molecule has 0 bridgehead atoms. The molecule has 0 radical (unpaired) electrons. The van der Waals surface area contributed by atoms with Crippen molar-refractivity contribution in [2.45, 2.75) is 33.1 Å². The van der Waals surface area contributed by atoms with Crippen LogP contribution in [0.4, 0.5) is 5.69 Å². The zero-order valence-electron chi connectivity index (χ0n) is 14.2. The highest BCUT2D eigenvalue weighted by atomic mass is 16.2. The highest BCUT2D eigenvalue weighted by Crippen LogP contribution is 2.22. The summed E-state index contributed by atoms with van der Waals surface area (Å²) in [6.45, 7) is 6.24. The second-order valence-corrected chi connectivity index (χ2v) is 5.85. The monoisotopic (exact) mass is 325 g/mol. The van der Waals surface area contributed by atoms with E-state index in [2.05, 4.69) is 51.6 Å². The largest absolute Gasteiger partial charge is 0.372 e. The van der Waals surface area contributed by atoms with Gasteiger partial charge >= 0.3 is 0 Å². The maximum absolute atomic E-state index is 12.2. The molecule has 1 aliphatic carbocycles. The lowest BCUT2D eigenvalue weighted by molar-refractivity contribution is 0.0949. The van der Waals surface area contributed by atoms with E-state index in [9.17, 15) is 4.79 Å². The summed E-state index contributed by atoms with van der Waals surface area (Å²) in [5, 5.41) is 11.1. The first-order valence-electron chi connectivity index (χ1n) is 8.47. The second-order valence-electron chi connectivity index (χ2n) is 5.85. The Labute approximate surface area is 142 Å². The molecule has 1 aromatic heterocycles. The molecule has 3 rings (SSSR count). The van der Waals surface area contributed by atoms with Crippen molar-refractivity contribution in [1.82, 2.24) is 15.6 Å². The number of hydrazone groups is 1. The van der Waals surface area contributed by atoms with Crippen LogP contribution in [0.3, 0.4) is 0 Å². The lowest BCUT2D eigenvalue weighted by Crippen LogP contribution is -2.21. The third-order valence-corrected chi connectivity index (χ3v) is 4.42. The number of carbonyl (C=O) groups is 1. The van der Waals surface area contributed by atoms with Gasteiger partial charge in [-0.2, -0.15) is 10.2 Å². The maximum atomic E-state index is 12.2. The molecule has 0 saturated heterocycles. The highest BCUT2D eigenvalue weighted by molar-refractivity contribution is 5.94. The van der Waals surface area contributed by atoms with E-state index >= 15 is 0 Å². The van der Waals surface area contributed by atoms with Crippen LogP contribution >= 0.6 is 0 Å². The summed E-state index contributed by atoms with van der Waals surface area (Å²) in [6.07, 6.45) is 4.60. The number of nitrogens with one attached hydrogen (secondary N) is 2. The lowest BCUT2D eigenvalue weighted by atomic mass is 10.2. The van der Waals surface area contributed by atoms with Crippen LogP contribution in [0.1, 0.15) is 47.6 Å². The first-order chi connectivity index (χ1) is 11.7. The molecule has 126 valence electrons. The number of hydrogen-bond acceptors (Lipinski definition) is 4. The van der Waals surface area contributed by atoms with Crippen LogP contribution in [0.15, 0.2) is 29.4 Å². The van der Waals surface area contributed by atoms with E-state index in [-0.39, 0.29) is 5.91 Å². The Morgan fingerprint density at radius 3 is 2.75 bits per heavy atom. The standard InChI is InChI=1S/C18H23N5O/c1-3-23(4-2)14-10-8-13(9-11-14)12-19-22-18(24)17-15-6-5-7-16(15)20-21-17/h8-12H,3-7H2,1-2H3,(H,20,21)(H,22,24). The average Bonchev–Trinajstić information content (AvgIpc) is 3.20. The van der Waals surface area contributed by atoms with Gasteiger partial charge in [0.1, 0.15) is 0 Å². The molecule has 24 heavy (non-hydrogen) atoms. The number of nitrogens with zero attached hydrogens (tertiary/aromatic N) is 3. The summed E-state index contributed by atoms with van der Waals surface area (Å²) in [7, 11) is 0. The number of aryl methyl sites for hydroxylation is 1. The normalized spacial score (nSPS) is 13.2. The van der Waals surface area contributed by atoms with Gasteiger partial charge in [-0.25, -0.2) is 5.43 Å². The number of aromatic nitrogens is 2. The smallest absolute Gasteiger partial charge is 0.292 e. The molecule has 0 atom stereocenters. The summed E-state index contributed by atoms with van der Waals surface area (Å²) in [5.74, 6) is -0.259. The molecule has 0 saturated carbocycles. The third kappa shape index (κ3) is 3.32. The van der Waals surface area contributed by atoms with Gasteiger partial charge in [-0.3, -0.25) is 9.89 Å². The van der Waals surface area contributed by atoms with Gasteiger partial charge in [0.25, 0.3) is 5.91 Å². The van der Waals surface area contributed by atoms with Crippen molar-refractivity contribution in [3.05, 3.63) is 46.8 Å². The summed E-state index contributed by atoms with van der Waals surface area (Å²) >= 11 is 0. The van der Waals surface area contributed by atoms with E-state index in [4.69, 9.17) is 0 Å². The summed E-state index contributed by atoms with van der Waals surface area (Å²) in [6, 6.07) is 8.12. The van der Waals surface area contributed by atoms with Gasteiger partial charge in [0.05, 0.1) is 6.21 Å². The van der Waals surface area contributed by atoms with E-state index in [0.717, 1.165) is 49.2 Å². The number of aromatic amines is 1. The fourth-order valence-electron chi connectivity index (χ4n) is 3.09. The van der Waals surface area contributed by atoms with E-state index < -0.39 is 0 Å². The van der Waals surface area contributed by atoms with Crippen LogP contribution in [0, 0.1) is 0 Å². The molecule has 1 amide bonds. The number of fused-ring (bicyclic) bond motifs is 1. The molecule has 2 N–H and O–H groups in total. The first-order valence-corrected chi connectivity index (χ1v) is 8.47. The minimum absolute atomic E-state index is 0.259. The fraction of sp³-hybridized carbons (Fsp3) is 0.389. The molecular formula is C18H23N5O. The number of amides is 1. The summed E-state index contributed by atoms with van der Waals surface area (Å²) in [5.41, 5.74) is 7.27. The van der Waals surface area contributed by atoms with Crippen LogP contribution in [-0.4, -0.2) is 35.4 Å². The van der Waals surface area contributed by atoms with Gasteiger partial charge in [0.15, 0.2) is 5.69 Å². The van der Waals surface area contributed by atoms with Crippen LogP contribution < -0.4 is 10.3 Å². The van der Waals surface area contributed by atoms with E-state index in [1.165, 1.54) is 5.69 Å². The Balaban J connectivity index is 1.60. The van der Waals surface area contributed by atoms with Gasteiger partial charge < -0.3 is 4.90 Å². The van der Waals surface area contributed by atoms with Crippen molar-refractivity contribution < 1.29 is 4.79 Å². The van der Waals surface area contributed by atoms with Gasteiger partial charge in [-0.15, -0.1) is 0 Å². The Morgan fingerprint density at radius 1 is 1.29 bits per heavy atom. The van der Waals surface area contributed by atoms with E-state index in [1.54, 1.807) is 6.21 Å². The molecule has 1 aliphatic rings. The number of benzene rings is 1. The van der Waals surface area contributed by atoms with Crippen molar-refractivity contribution in [2.24, 2.45) is 5.10 Å². The number of rotatable bonds is 6. The van der Waals surface area contributed by atoms with E-state index in [0.29, 0.717) is 5.69 Å². The molecule has 2 aromatic rings. The molecule has 6 nitrogen and oxygen atoms in total. The van der Waals surface area contributed by atoms with Crippen LogP contribution in [-0.2, 0) is 12.8 Å². The minimum Gasteiger partial charge on any atom is -0.372 e. The molecule has 1 aromatic carbocycles. The van der Waals surface area contributed by atoms with Crippen molar-refractivity contribution in [3.63, 3.8) is 0 Å². The van der Waals surface area contributed by atoms with Crippen molar-refractivity contribution >= 4 is 17.8 Å². The number of anilines is 1. The Hall–Kier alpha value is -2.63. The van der Waals surface area contributed by atoms with E-state index in [1.807, 2.05) is 12.1 Å². The number of H-pyrrole nitrogens is 1.